The van der Waals surface area contributed by atoms with Gasteiger partial charge in [0.05, 0.1) is 46.8 Å². The first kappa shape index (κ1) is 19.0. The summed E-state index contributed by atoms with van der Waals surface area (Å²) in [5.41, 5.74) is 0.790. The molecule has 8 nitrogen and oxygen atoms in total. The molecule has 0 aromatic heterocycles. The molecule has 0 heterocycles. The number of ether oxygens (including phenoxy) is 5. The molecule has 0 saturated carbocycles. The van der Waals surface area contributed by atoms with Crippen molar-refractivity contribution in [3.63, 3.8) is 0 Å². The first-order valence-corrected chi connectivity index (χ1v) is 7.55. The van der Waals surface area contributed by atoms with E-state index in [2.05, 4.69) is 5.32 Å². The molecule has 0 saturated heterocycles. The van der Waals surface area contributed by atoms with Crippen LogP contribution in [0, 0.1) is 0 Å². The fourth-order valence-electron chi connectivity index (χ4n) is 2.53. The molecular weight excluding hydrogens is 342 g/mol. The molecule has 2 N–H and O–H groups in total. The largest absolute Gasteiger partial charge is 0.493 e. The lowest BCUT2D eigenvalue weighted by molar-refractivity contribution is 0.0697. The van der Waals surface area contributed by atoms with Gasteiger partial charge >= 0.3 is 5.97 Å². The molecule has 0 aliphatic heterocycles. The fraction of sp³-hybridized carbons (Fsp3) is 0.278. The van der Waals surface area contributed by atoms with Gasteiger partial charge < -0.3 is 34.1 Å². The van der Waals surface area contributed by atoms with Crippen molar-refractivity contribution in [1.29, 1.82) is 0 Å². The molecule has 140 valence electrons. The fourth-order valence-corrected chi connectivity index (χ4v) is 2.53. The summed E-state index contributed by atoms with van der Waals surface area (Å²) in [7, 11) is 7.40. The number of rotatable bonds is 8. The predicted molar refractivity (Wildman–Crippen MR) is 95.9 cm³/mol. The van der Waals surface area contributed by atoms with E-state index in [1.54, 1.807) is 12.1 Å². The van der Waals surface area contributed by atoms with Crippen molar-refractivity contribution in [1.82, 2.24) is 0 Å². The van der Waals surface area contributed by atoms with Crippen LogP contribution in [-0.4, -0.2) is 46.6 Å². The number of hydrogen-bond donors (Lipinski definition) is 2. The van der Waals surface area contributed by atoms with Crippen LogP contribution in [0.1, 0.15) is 10.4 Å². The Morgan fingerprint density at radius 2 is 1.35 bits per heavy atom. The van der Waals surface area contributed by atoms with Gasteiger partial charge in [-0.25, -0.2) is 4.79 Å². The van der Waals surface area contributed by atoms with Crippen molar-refractivity contribution in [3.05, 3.63) is 29.8 Å². The van der Waals surface area contributed by atoms with Gasteiger partial charge in [-0.2, -0.15) is 0 Å². The van der Waals surface area contributed by atoms with E-state index in [1.807, 2.05) is 0 Å². The van der Waals surface area contributed by atoms with Crippen LogP contribution in [-0.2, 0) is 0 Å². The van der Waals surface area contributed by atoms with E-state index < -0.39 is 5.97 Å². The first-order chi connectivity index (χ1) is 12.5. The van der Waals surface area contributed by atoms with Gasteiger partial charge in [0.15, 0.2) is 23.0 Å². The van der Waals surface area contributed by atoms with E-state index in [4.69, 9.17) is 23.7 Å². The second kappa shape index (κ2) is 8.19. The lowest BCUT2D eigenvalue weighted by Gasteiger charge is -2.19. The highest BCUT2D eigenvalue weighted by molar-refractivity contribution is 5.98. The second-order valence-electron chi connectivity index (χ2n) is 5.07. The molecule has 0 bridgehead atoms. The quantitative estimate of drug-likeness (QED) is 0.738. The minimum atomic E-state index is -1.11. The van der Waals surface area contributed by atoms with E-state index in [-0.39, 0.29) is 17.0 Å². The third-order valence-electron chi connectivity index (χ3n) is 3.71. The van der Waals surface area contributed by atoms with Crippen LogP contribution in [0.2, 0.25) is 0 Å². The summed E-state index contributed by atoms with van der Waals surface area (Å²) in [6.45, 7) is 0. The smallest absolute Gasteiger partial charge is 0.337 e. The van der Waals surface area contributed by atoms with Gasteiger partial charge in [-0.3, -0.25) is 0 Å². The maximum Gasteiger partial charge on any atom is 0.337 e. The molecule has 0 unspecified atom stereocenters. The lowest BCUT2D eigenvalue weighted by atomic mass is 10.1. The van der Waals surface area contributed by atoms with Crippen LogP contribution in [0.25, 0.3) is 0 Å². The zero-order valence-corrected chi connectivity index (χ0v) is 15.2. The maximum atomic E-state index is 11.6. The number of anilines is 2. The number of carboxylic acids is 1. The van der Waals surface area contributed by atoms with Gasteiger partial charge in [0.1, 0.15) is 0 Å². The number of benzene rings is 2. The summed E-state index contributed by atoms with van der Waals surface area (Å²) in [6.07, 6.45) is 0. The molecule has 0 atom stereocenters. The van der Waals surface area contributed by atoms with E-state index in [0.29, 0.717) is 28.7 Å². The molecule has 0 aliphatic carbocycles. The molecule has 2 aromatic carbocycles. The zero-order valence-electron chi connectivity index (χ0n) is 15.2. The van der Waals surface area contributed by atoms with Crippen molar-refractivity contribution < 1.29 is 33.6 Å². The Hall–Kier alpha value is -3.29. The van der Waals surface area contributed by atoms with E-state index in [0.717, 1.165) is 0 Å². The van der Waals surface area contributed by atoms with Crippen molar-refractivity contribution >= 4 is 17.3 Å². The molecule has 26 heavy (non-hydrogen) atoms. The third-order valence-corrected chi connectivity index (χ3v) is 3.71. The van der Waals surface area contributed by atoms with Crippen molar-refractivity contribution in [2.45, 2.75) is 0 Å². The summed E-state index contributed by atoms with van der Waals surface area (Å²) in [5, 5.41) is 12.6. The summed E-state index contributed by atoms with van der Waals surface area (Å²) in [6, 6.07) is 6.28. The summed E-state index contributed by atoms with van der Waals surface area (Å²) in [5.74, 6) is 0.826. The van der Waals surface area contributed by atoms with Crippen molar-refractivity contribution in [3.8, 4) is 28.7 Å². The SMILES string of the molecule is COc1cc(Nc2c(C(=O)O)ccc(OC)c2OC)cc(OC)c1OC. The van der Waals surface area contributed by atoms with E-state index in [9.17, 15) is 9.90 Å². The minimum absolute atomic E-state index is 0.0244. The molecule has 8 heteroatoms. The Bertz CT molecular complexity index is 779. The van der Waals surface area contributed by atoms with Crippen LogP contribution in [0.4, 0.5) is 11.4 Å². The summed E-state index contributed by atoms with van der Waals surface area (Å²) >= 11 is 0. The van der Waals surface area contributed by atoms with Crippen LogP contribution in [0.5, 0.6) is 28.7 Å². The maximum absolute atomic E-state index is 11.6. The van der Waals surface area contributed by atoms with Crippen LogP contribution in [0.3, 0.4) is 0 Å². The third kappa shape index (κ3) is 3.53. The van der Waals surface area contributed by atoms with E-state index in [1.165, 1.54) is 47.7 Å². The molecule has 0 spiro atoms. The number of carbonyl (C=O) groups is 1. The van der Waals surface area contributed by atoms with Crippen molar-refractivity contribution in [2.75, 3.05) is 40.9 Å². The molecule has 0 fully saturated rings. The normalized spacial score (nSPS) is 10.0. The van der Waals surface area contributed by atoms with Crippen LogP contribution >= 0.6 is 0 Å². The molecular formula is C18H21NO7. The minimum Gasteiger partial charge on any atom is -0.493 e. The predicted octanol–water partition coefficient (Wildman–Crippen LogP) is 3.17. The second-order valence-corrected chi connectivity index (χ2v) is 5.07. The highest BCUT2D eigenvalue weighted by Gasteiger charge is 2.21. The summed E-state index contributed by atoms with van der Waals surface area (Å²) < 4.78 is 26.5. The average Bonchev–Trinajstić information content (AvgIpc) is 2.66. The Kier molecular flexibility index (Phi) is 6.00. The topological polar surface area (TPSA) is 95.5 Å². The molecule has 2 aromatic rings. The monoisotopic (exact) mass is 363 g/mol. The number of aromatic carboxylic acids is 1. The lowest BCUT2D eigenvalue weighted by Crippen LogP contribution is -2.06. The first-order valence-electron chi connectivity index (χ1n) is 7.55. The highest BCUT2D eigenvalue weighted by atomic mass is 16.5. The zero-order chi connectivity index (χ0) is 19.3. The Balaban J connectivity index is 2.62. The van der Waals surface area contributed by atoms with Crippen molar-refractivity contribution in [2.24, 2.45) is 0 Å². The van der Waals surface area contributed by atoms with Crippen LogP contribution < -0.4 is 29.0 Å². The number of methoxy groups -OCH3 is 5. The summed E-state index contributed by atoms with van der Waals surface area (Å²) in [4.78, 5) is 11.6. The van der Waals surface area contributed by atoms with Gasteiger partial charge in [0.2, 0.25) is 5.75 Å². The number of carboxylic acid groups (broad SMARTS) is 1. The number of nitrogens with one attached hydrogen (secondary N) is 1. The van der Waals surface area contributed by atoms with Crippen LogP contribution in [0.15, 0.2) is 24.3 Å². The Labute approximate surface area is 151 Å². The molecule has 2 rings (SSSR count). The molecule has 0 aliphatic rings. The highest BCUT2D eigenvalue weighted by Crippen LogP contribution is 2.44. The Morgan fingerprint density at radius 3 is 1.77 bits per heavy atom. The molecule has 0 amide bonds. The number of hydrogen-bond acceptors (Lipinski definition) is 7. The van der Waals surface area contributed by atoms with Gasteiger partial charge in [-0.05, 0) is 12.1 Å². The van der Waals surface area contributed by atoms with Gasteiger partial charge in [-0.15, -0.1) is 0 Å². The standard InChI is InChI=1S/C18H21NO7/c1-22-12-7-6-11(18(20)21)15(17(12)26-5)19-10-8-13(23-2)16(25-4)14(9-10)24-3/h6-9,19H,1-5H3,(H,20,21). The average molecular weight is 363 g/mol. The van der Waals surface area contributed by atoms with Gasteiger partial charge in [0, 0.05) is 17.8 Å². The van der Waals surface area contributed by atoms with Gasteiger partial charge in [-0.1, -0.05) is 0 Å². The van der Waals surface area contributed by atoms with Gasteiger partial charge in [0.25, 0.3) is 0 Å². The Morgan fingerprint density at radius 1 is 0.808 bits per heavy atom. The molecule has 0 radical (unpaired) electrons. The van der Waals surface area contributed by atoms with E-state index >= 15 is 0 Å².